The molecule has 0 aliphatic carbocycles. The molecule has 2 amide bonds. The summed E-state index contributed by atoms with van der Waals surface area (Å²) in [6.45, 7) is 4.44. The van der Waals surface area contributed by atoms with Gasteiger partial charge in [-0.05, 0) is 43.2 Å². The first-order valence-electron chi connectivity index (χ1n) is 7.95. The maximum atomic E-state index is 12.6. The number of aryl methyl sites for hydroxylation is 2. The van der Waals surface area contributed by atoms with Crippen molar-refractivity contribution in [2.75, 3.05) is 18.0 Å². The van der Waals surface area contributed by atoms with Crippen LogP contribution in [0.15, 0.2) is 36.4 Å². The smallest absolute Gasteiger partial charge is 0.246 e. The summed E-state index contributed by atoms with van der Waals surface area (Å²) < 4.78 is 0. The summed E-state index contributed by atoms with van der Waals surface area (Å²) in [6.07, 6.45) is 0.949. The first-order valence-corrected chi connectivity index (χ1v) is 8.76. The molecule has 0 atom stereocenters. The molecule has 0 unspecified atom stereocenters. The summed E-state index contributed by atoms with van der Waals surface area (Å²) in [5, 5.41) is 2.54. The molecule has 5 nitrogen and oxygen atoms in total. The number of carbonyl (C=O) groups excluding carboxylic acids is 2. The van der Waals surface area contributed by atoms with Crippen LogP contribution >= 0.6 is 23.7 Å². The van der Waals surface area contributed by atoms with Gasteiger partial charge in [0.1, 0.15) is 0 Å². The Hall–Kier alpha value is -1.89. The third kappa shape index (κ3) is 6.16. The van der Waals surface area contributed by atoms with Gasteiger partial charge in [-0.3, -0.25) is 9.59 Å². The number of thiophene rings is 1. The van der Waals surface area contributed by atoms with Crippen molar-refractivity contribution in [3.63, 3.8) is 0 Å². The second-order valence-corrected chi connectivity index (χ2v) is 6.87. The molecule has 2 rings (SSSR count). The van der Waals surface area contributed by atoms with E-state index in [-0.39, 0.29) is 37.3 Å². The van der Waals surface area contributed by atoms with Crippen molar-refractivity contribution >= 4 is 41.2 Å². The van der Waals surface area contributed by atoms with E-state index in [1.165, 1.54) is 10.4 Å². The standard InChI is InChI=1S/C18H23N3O2S.ClH/c1-3-14-5-7-15(8-6-14)21(12-16-9-4-13(2)24-16)18(23)11-20-17(22)10-19;/h4-9H,3,10-12,19H2,1-2H3,(H,20,22);1H. The van der Waals surface area contributed by atoms with Crippen LogP contribution in [0.4, 0.5) is 5.69 Å². The fourth-order valence-corrected chi connectivity index (χ4v) is 3.18. The molecule has 1 aromatic heterocycles. The minimum Gasteiger partial charge on any atom is -0.346 e. The predicted octanol–water partition coefficient (Wildman–Crippen LogP) is 2.65. The van der Waals surface area contributed by atoms with Gasteiger partial charge in [0.15, 0.2) is 0 Å². The fraction of sp³-hybridized carbons (Fsp3) is 0.333. The van der Waals surface area contributed by atoms with E-state index < -0.39 is 0 Å². The highest BCUT2D eigenvalue weighted by Gasteiger charge is 2.17. The molecule has 0 aliphatic heterocycles. The van der Waals surface area contributed by atoms with Crippen LogP contribution in [0.3, 0.4) is 0 Å². The van der Waals surface area contributed by atoms with Crippen molar-refractivity contribution in [1.82, 2.24) is 5.32 Å². The molecule has 0 saturated carbocycles. The summed E-state index contributed by atoms with van der Waals surface area (Å²) in [5.41, 5.74) is 7.31. The lowest BCUT2D eigenvalue weighted by atomic mass is 10.1. The Kier molecular flexibility index (Phi) is 8.61. The number of nitrogens with zero attached hydrogens (tertiary/aromatic N) is 1. The van der Waals surface area contributed by atoms with Crippen LogP contribution < -0.4 is 16.0 Å². The zero-order chi connectivity index (χ0) is 17.5. The summed E-state index contributed by atoms with van der Waals surface area (Å²) in [6, 6.07) is 12.0. The van der Waals surface area contributed by atoms with Gasteiger partial charge in [0.05, 0.1) is 19.6 Å². The zero-order valence-electron chi connectivity index (χ0n) is 14.5. The van der Waals surface area contributed by atoms with Gasteiger partial charge in [-0.1, -0.05) is 19.1 Å². The minimum absolute atomic E-state index is 0. The van der Waals surface area contributed by atoms with Gasteiger partial charge in [-0.25, -0.2) is 0 Å². The Balaban J connectivity index is 0.00000312. The maximum absolute atomic E-state index is 12.6. The van der Waals surface area contributed by atoms with E-state index in [9.17, 15) is 9.59 Å². The first kappa shape index (κ1) is 21.2. The molecule has 3 N–H and O–H groups in total. The largest absolute Gasteiger partial charge is 0.346 e. The van der Waals surface area contributed by atoms with E-state index in [1.54, 1.807) is 16.2 Å². The van der Waals surface area contributed by atoms with E-state index >= 15 is 0 Å². The highest BCUT2D eigenvalue weighted by molar-refractivity contribution is 7.11. The fourth-order valence-electron chi connectivity index (χ4n) is 2.30. The molecule has 7 heteroatoms. The zero-order valence-corrected chi connectivity index (χ0v) is 16.1. The lowest BCUT2D eigenvalue weighted by molar-refractivity contribution is -0.124. The van der Waals surface area contributed by atoms with Gasteiger partial charge < -0.3 is 16.0 Å². The van der Waals surface area contributed by atoms with E-state index in [0.29, 0.717) is 6.54 Å². The minimum atomic E-state index is -0.336. The first-order chi connectivity index (χ1) is 11.5. The summed E-state index contributed by atoms with van der Waals surface area (Å²) in [5.74, 6) is -0.497. The number of hydrogen-bond acceptors (Lipinski definition) is 4. The van der Waals surface area contributed by atoms with Crippen molar-refractivity contribution in [1.29, 1.82) is 0 Å². The van der Waals surface area contributed by atoms with Crippen molar-refractivity contribution in [2.45, 2.75) is 26.8 Å². The number of hydrogen-bond donors (Lipinski definition) is 2. The number of halogens is 1. The molecule has 0 saturated heterocycles. The molecule has 0 bridgehead atoms. The molecule has 25 heavy (non-hydrogen) atoms. The summed E-state index contributed by atoms with van der Waals surface area (Å²) >= 11 is 1.66. The summed E-state index contributed by atoms with van der Waals surface area (Å²) in [4.78, 5) is 27.9. The molecule has 2 aromatic rings. The van der Waals surface area contributed by atoms with E-state index in [1.807, 2.05) is 43.3 Å². The van der Waals surface area contributed by atoms with E-state index in [4.69, 9.17) is 5.73 Å². The molecular weight excluding hydrogens is 358 g/mol. The van der Waals surface area contributed by atoms with Crippen molar-refractivity contribution < 1.29 is 9.59 Å². The lowest BCUT2D eigenvalue weighted by Crippen LogP contribution is -2.41. The van der Waals surface area contributed by atoms with Gasteiger partial charge in [-0.2, -0.15) is 0 Å². The molecule has 136 valence electrons. The summed E-state index contributed by atoms with van der Waals surface area (Å²) in [7, 11) is 0. The molecule has 1 heterocycles. The number of benzene rings is 1. The molecule has 0 spiro atoms. The topological polar surface area (TPSA) is 75.4 Å². The Morgan fingerprint density at radius 2 is 1.84 bits per heavy atom. The maximum Gasteiger partial charge on any atom is 0.246 e. The monoisotopic (exact) mass is 381 g/mol. The van der Waals surface area contributed by atoms with E-state index in [2.05, 4.69) is 12.2 Å². The van der Waals surface area contributed by atoms with Crippen molar-refractivity contribution in [2.24, 2.45) is 5.73 Å². The Labute approximate surface area is 158 Å². The van der Waals surface area contributed by atoms with Crippen molar-refractivity contribution in [3.8, 4) is 0 Å². The number of amides is 2. The Bertz CT molecular complexity index is 701. The molecule has 0 fully saturated rings. The second-order valence-electron chi connectivity index (χ2n) is 5.49. The number of nitrogens with one attached hydrogen (secondary N) is 1. The van der Waals surface area contributed by atoms with Gasteiger partial charge in [0, 0.05) is 15.4 Å². The molecule has 1 aromatic carbocycles. The normalized spacial score (nSPS) is 10.0. The van der Waals surface area contributed by atoms with Gasteiger partial charge >= 0.3 is 0 Å². The molecular formula is C18H24ClN3O2S. The highest BCUT2D eigenvalue weighted by atomic mass is 35.5. The van der Waals surface area contributed by atoms with Gasteiger partial charge in [0.25, 0.3) is 0 Å². The van der Waals surface area contributed by atoms with Crippen LogP contribution in [-0.4, -0.2) is 24.9 Å². The van der Waals surface area contributed by atoms with Crippen molar-refractivity contribution in [3.05, 3.63) is 51.7 Å². The number of rotatable bonds is 7. The Morgan fingerprint density at radius 3 is 2.36 bits per heavy atom. The lowest BCUT2D eigenvalue weighted by Gasteiger charge is -2.23. The number of nitrogens with two attached hydrogens (primary N) is 1. The highest BCUT2D eigenvalue weighted by Crippen LogP contribution is 2.22. The third-order valence-electron chi connectivity index (χ3n) is 3.69. The molecule has 0 aliphatic rings. The average Bonchev–Trinajstić information content (AvgIpc) is 3.02. The van der Waals surface area contributed by atoms with Crippen LogP contribution in [0.1, 0.15) is 22.2 Å². The van der Waals surface area contributed by atoms with Crippen LogP contribution in [0, 0.1) is 6.92 Å². The van der Waals surface area contributed by atoms with Crippen LogP contribution in [-0.2, 0) is 22.6 Å². The SMILES string of the molecule is CCc1ccc(N(Cc2ccc(C)s2)C(=O)CNC(=O)CN)cc1.Cl. The average molecular weight is 382 g/mol. The van der Waals surface area contributed by atoms with Crippen LogP contribution in [0.2, 0.25) is 0 Å². The molecule has 0 radical (unpaired) electrons. The van der Waals surface area contributed by atoms with Gasteiger partial charge in [-0.15, -0.1) is 23.7 Å². The predicted molar refractivity (Wildman–Crippen MR) is 105 cm³/mol. The van der Waals surface area contributed by atoms with Gasteiger partial charge in [0.2, 0.25) is 11.8 Å². The van der Waals surface area contributed by atoms with E-state index in [0.717, 1.165) is 17.0 Å². The number of anilines is 1. The van der Waals surface area contributed by atoms with Crippen LogP contribution in [0.25, 0.3) is 0 Å². The Morgan fingerprint density at radius 1 is 1.16 bits per heavy atom. The second kappa shape index (κ2) is 10.2. The quantitative estimate of drug-likeness (QED) is 0.774. The number of carbonyl (C=O) groups is 2. The third-order valence-corrected chi connectivity index (χ3v) is 4.67. The van der Waals surface area contributed by atoms with Crippen LogP contribution in [0.5, 0.6) is 0 Å².